The molecule has 0 amide bonds. The fourth-order valence-electron chi connectivity index (χ4n) is 2.92. The van der Waals surface area contributed by atoms with Gasteiger partial charge in [-0.25, -0.2) is 8.42 Å². The fraction of sp³-hybridized carbons (Fsp3) is 0.538. The van der Waals surface area contributed by atoms with Crippen LogP contribution in [0.25, 0.3) is 0 Å². The molecule has 0 aromatic heterocycles. The third-order valence-corrected chi connectivity index (χ3v) is 5.89. The maximum Gasteiger partial charge on any atom is 0.152 e. The summed E-state index contributed by atoms with van der Waals surface area (Å²) >= 11 is 6.13. The first-order valence-electron chi connectivity index (χ1n) is 6.31. The van der Waals surface area contributed by atoms with Gasteiger partial charge in [-0.15, -0.1) is 0 Å². The Kier molecular flexibility index (Phi) is 4.08. The molecule has 3 N–H and O–H groups in total. The molecular weight excluding hydrogens is 284 g/mol. The Bertz CT molecular complexity index is 562. The zero-order valence-electron chi connectivity index (χ0n) is 10.9. The number of benzene rings is 1. The van der Waals surface area contributed by atoms with Crippen molar-refractivity contribution < 1.29 is 8.42 Å². The standard InChI is InChI=1S/C13H19ClN2O2S/c1-19(17,18)12-7-4-8-13(12,9-15)16-11-6-3-2-5-10(11)14/h2-3,5-6,12,16H,4,7-9,15H2,1H3. The van der Waals surface area contributed by atoms with E-state index in [-0.39, 0.29) is 6.54 Å². The van der Waals surface area contributed by atoms with Crippen molar-refractivity contribution in [3.8, 4) is 0 Å². The van der Waals surface area contributed by atoms with Gasteiger partial charge in [-0.05, 0) is 31.4 Å². The molecule has 6 heteroatoms. The highest BCUT2D eigenvalue weighted by Gasteiger charge is 2.47. The van der Waals surface area contributed by atoms with Crippen molar-refractivity contribution in [2.24, 2.45) is 5.73 Å². The molecule has 19 heavy (non-hydrogen) atoms. The third-order valence-electron chi connectivity index (χ3n) is 3.84. The number of para-hydroxylation sites is 1. The normalized spacial score (nSPS) is 27.4. The van der Waals surface area contributed by atoms with Gasteiger partial charge in [-0.3, -0.25) is 0 Å². The Labute approximate surface area is 119 Å². The van der Waals surface area contributed by atoms with Crippen molar-refractivity contribution in [2.45, 2.75) is 30.1 Å². The van der Waals surface area contributed by atoms with Gasteiger partial charge in [-0.1, -0.05) is 23.7 Å². The van der Waals surface area contributed by atoms with E-state index < -0.39 is 20.6 Å². The van der Waals surface area contributed by atoms with Gasteiger partial charge in [0, 0.05) is 12.8 Å². The van der Waals surface area contributed by atoms with Crippen LogP contribution in [0.5, 0.6) is 0 Å². The molecule has 2 atom stereocenters. The Morgan fingerprint density at radius 2 is 2.16 bits per heavy atom. The summed E-state index contributed by atoms with van der Waals surface area (Å²) in [6.07, 6.45) is 3.52. The SMILES string of the molecule is CS(=O)(=O)C1CCCC1(CN)Nc1ccccc1Cl. The molecule has 0 spiro atoms. The second-order valence-corrected chi connectivity index (χ2v) is 7.81. The number of nitrogens with two attached hydrogens (primary N) is 1. The average Bonchev–Trinajstić information content (AvgIpc) is 2.76. The smallest absolute Gasteiger partial charge is 0.152 e. The molecule has 1 saturated carbocycles. The Hall–Kier alpha value is -0.780. The molecule has 1 aliphatic rings. The van der Waals surface area contributed by atoms with Crippen molar-refractivity contribution in [3.05, 3.63) is 29.3 Å². The summed E-state index contributed by atoms with van der Waals surface area (Å²) in [4.78, 5) is 0. The zero-order valence-corrected chi connectivity index (χ0v) is 12.5. The second kappa shape index (κ2) is 5.31. The van der Waals surface area contributed by atoms with Gasteiger partial charge in [0.15, 0.2) is 9.84 Å². The lowest BCUT2D eigenvalue weighted by molar-refractivity contribution is 0.479. The van der Waals surface area contributed by atoms with E-state index in [0.717, 1.165) is 18.5 Å². The molecule has 0 bridgehead atoms. The predicted molar refractivity (Wildman–Crippen MR) is 79.3 cm³/mol. The highest BCUT2D eigenvalue weighted by molar-refractivity contribution is 7.91. The van der Waals surface area contributed by atoms with Crippen LogP contribution >= 0.6 is 11.6 Å². The summed E-state index contributed by atoms with van der Waals surface area (Å²) in [7, 11) is -3.14. The van der Waals surface area contributed by atoms with Crippen LogP contribution < -0.4 is 11.1 Å². The number of anilines is 1. The van der Waals surface area contributed by atoms with E-state index in [2.05, 4.69) is 5.32 Å². The van der Waals surface area contributed by atoms with E-state index in [9.17, 15) is 8.42 Å². The fourth-order valence-corrected chi connectivity index (χ4v) is 4.79. The van der Waals surface area contributed by atoms with Gasteiger partial charge in [0.25, 0.3) is 0 Å². The van der Waals surface area contributed by atoms with Gasteiger partial charge in [0.05, 0.1) is 21.5 Å². The third kappa shape index (κ3) is 2.88. The van der Waals surface area contributed by atoms with Crippen molar-refractivity contribution in [1.29, 1.82) is 0 Å². The highest BCUT2D eigenvalue weighted by atomic mass is 35.5. The molecule has 0 heterocycles. The van der Waals surface area contributed by atoms with Gasteiger partial charge in [-0.2, -0.15) is 0 Å². The molecule has 0 saturated heterocycles. The number of hydrogen-bond donors (Lipinski definition) is 2. The summed E-state index contributed by atoms with van der Waals surface area (Å²) in [6.45, 7) is 0.274. The first-order chi connectivity index (χ1) is 8.89. The summed E-state index contributed by atoms with van der Waals surface area (Å²) in [6, 6.07) is 7.32. The predicted octanol–water partition coefficient (Wildman–Crippen LogP) is 2.05. The first-order valence-corrected chi connectivity index (χ1v) is 8.64. The minimum atomic E-state index is -3.14. The van der Waals surface area contributed by atoms with Crippen molar-refractivity contribution >= 4 is 27.1 Å². The van der Waals surface area contributed by atoms with Crippen molar-refractivity contribution in [2.75, 3.05) is 18.1 Å². The summed E-state index contributed by atoms with van der Waals surface area (Å²) in [5.74, 6) is 0. The van der Waals surface area contributed by atoms with Crippen LogP contribution in [-0.2, 0) is 9.84 Å². The van der Waals surface area contributed by atoms with Gasteiger partial charge in [0.2, 0.25) is 0 Å². The van der Waals surface area contributed by atoms with Crippen LogP contribution in [-0.4, -0.2) is 32.0 Å². The number of halogens is 1. The highest BCUT2D eigenvalue weighted by Crippen LogP contribution is 2.38. The molecule has 4 nitrogen and oxygen atoms in total. The molecule has 0 radical (unpaired) electrons. The molecule has 1 aliphatic carbocycles. The van der Waals surface area contributed by atoms with Crippen LogP contribution in [0.1, 0.15) is 19.3 Å². The lowest BCUT2D eigenvalue weighted by Gasteiger charge is -2.35. The molecular formula is C13H19ClN2O2S. The van der Waals surface area contributed by atoms with Crippen molar-refractivity contribution in [1.82, 2.24) is 0 Å². The van der Waals surface area contributed by atoms with E-state index in [1.165, 1.54) is 6.26 Å². The van der Waals surface area contributed by atoms with E-state index in [1.54, 1.807) is 6.07 Å². The summed E-state index contributed by atoms with van der Waals surface area (Å²) in [5.41, 5.74) is 6.01. The van der Waals surface area contributed by atoms with Crippen LogP contribution in [0.3, 0.4) is 0 Å². The zero-order chi connectivity index (χ0) is 14.1. The van der Waals surface area contributed by atoms with E-state index >= 15 is 0 Å². The summed E-state index contributed by atoms with van der Waals surface area (Å²) < 4.78 is 23.9. The van der Waals surface area contributed by atoms with Crippen LogP contribution in [0.4, 0.5) is 5.69 Å². The number of sulfone groups is 1. The maximum absolute atomic E-state index is 12.0. The van der Waals surface area contributed by atoms with Crippen molar-refractivity contribution in [3.63, 3.8) is 0 Å². The number of hydrogen-bond acceptors (Lipinski definition) is 4. The van der Waals surface area contributed by atoms with Gasteiger partial charge in [0.1, 0.15) is 0 Å². The Morgan fingerprint density at radius 3 is 2.74 bits per heavy atom. The second-order valence-electron chi connectivity index (χ2n) is 5.18. The van der Waals surface area contributed by atoms with Gasteiger partial charge >= 0.3 is 0 Å². The molecule has 0 aliphatic heterocycles. The van der Waals surface area contributed by atoms with Crippen LogP contribution in [0.2, 0.25) is 5.02 Å². The molecule has 2 unspecified atom stereocenters. The molecule has 1 fully saturated rings. The van der Waals surface area contributed by atoms with Crippen LogP contribution in [0, 0.1) is 0 Å². The average molecular weight is 303 g/mol. The molecule has 106 valence electrons. The summed E-state index contributed by atoms with van der Waals surface area (Å²) in [5, 5.41) is 3.41. The molecule has 2 rings (SSSR count). The largest absolute Gasteiger partial charge is 0.376 e. The Balaban J connectivity index is 2.36. The number of rotatable bonds is 4. The minimum absolute atomic E-state index is 0.274. The lowest BCUT2D eigenvalue weighted by atomic mass is 9.96. The van der Waals surface area contributed by atoms with E-state index in [0.29, 0.717) is 11.4 Å². The quantitative estimate of drug-likeness (QED) is 0.893. The van der Waals surface area contributed by atoms with Crippen LogP contribution in [0.15, 0.2) is 24.3 Å². The number of nitrogens with one attached hydrogen (secondary N) is 1. The molecule has 1 aromatic rings. The minimum Gasteiger partial charge on any atom is -0.376 e. The monoisotopic (exact) mass is 302 g/mol. The topological polar surface area (TPSA) is 72.2 Å². The van der Waals surface area contributed by atoms with E-state index in [1.807, 2.05) is 18.2 Å². The van der Waals surface area contributed by atoms with E-state index in [4.69, 9.17) is 17.3 Å². The first kappa shape index (κ1) is 14.6. The lowest BCUT2D eigenvalue weighted by Crippen LogP contribution is -2.54. The Morgan fingerprint density at radius 1 is 1.47 bits per heavy atom. The maximum atomic E-state index is 12.0. The molecule has 1 aromatic carbocycles. The van der Waals surface area contributed by atoms with Gasteiger partial charge < -0.3 is 11.1 Å².